The van der Waals surface area contributed by atoms with E-state index in [2.05, 4.69) is 27.4 Å². The maximum atomic E-state index is 11.7. The van der Waals surface area contributed by atoms with Crippen LogP contribution < -0.4 is 5.32 Å². The van der Waals surface area contributed by atoms with Gasteiger partial charge in [0.25, 0.3) is 0 Å². The Morgan fingerprint density at radius 2 is 2.03 bits per heavy atom. The van der Waals surface area contributed by atoms with Gasteiger partial charge in [-0.05, 0) is 55.7 Å². The average Bonchev–Trinajstić information content (AvgIpc) is 3.09. The fourth-order valence-corrected chi connectivity index (χ4v) is 3.67. The number of nitrogens with zero attached hydrogens (tertiary/aromatic N) is 4. The van der Waals surface area contributed by atoms with Gasteiger partial charge in [-0.25, -0.2) is 4.98 Å². The van der Waals surface area contributed by atoms with E-state index in [1.165, 1.54) is 6.20 Å². The zero-order valence-corrected chi connectivity index (χ0v) is 17.0. The van der Waals surface area contributed by atoms with Crippen LogP contribution in [0.3, 0.4) is 0 Å². The first-order chi connectivity index (χ1) is 14.5. The van der Waals surface area contributed by atoms with Gasteiger partial charge in [0.05, 0.1) is 28.4 Å². The van der Waals surface area contributed by atoms with Gasteiger partial charge in [0.2, 0.25) is 0 Å². The molecule has 3 aromatic heterocycles. The minimum Gasteiger partial charge on any atom is -0.373 e. The van der Waals surface area contributed by atoms with Crippen LogP contribution >= 0.6 is 0 Å². The molecule has 4 rings (SSSR count). The highest BCUT2D eigenvalue weighted by molar-refractivity contribution is 5.99. The largest absolute Gasteiger partial charge is 0.373 e. The first kappa shape index (κ1) is 19.5. The summed E-state index contributed by atoms with van der Waals surface area (Å²) in [6.07, 6.45) is 3.74. The molecule has 0 aliphatic heterocycles. The van der Waals surface area contributed by atoms with Gasteiger partial charge in [0.1, 0.15) is 17.6 Å². The summed E-state index contributed by atoms with van der Waals surface area (Å²) in [6, 6.07) is 9.51. The Kier molecular flexibility index (Phi) is 5.14. The summed E-state index contributed by atoms with van der Waals surface area (Å²) in [7, 11) is 0. The molecule has 0 aliphatic carbocycles. The van der Waals surface area contributed by atoms with Crippen molar-refractivity contribution in [3.05, 3.63) is 75.6 Å². The van der Waals surface area contributed by atoms with Crippen molar-refractivity contribution in [2.24, 2.45) is 0 Å². The summed E-state index contributed by atoms with van der Waals surface area (Å²) >= 11 is 0. The van der Waals surface area contributed by atoms with E-state index in [4.69, 9.17) is 4.52 Å². The second kappa shape index (κ2) is 7.90. The molecule has 1 aromatic carbocycles. The second-order valence-corrected chi connectivity index (χ2v) is 7.03. The Labute approximate surface area is 173 Å². The summed E-state index contributed by atoms with van der Waals surface area (Å²) in [4.78, 5) is 19.9. The van der Waals surface area contributed by atoms with Gasteiger partial charge in [-0.2, -0.15) is 0 Å². The quantitative estimate of drug-likeness (QED) is 0.357. The molecule has 0 saturated carbocycles. The first-order valence-electron chi connectivity index (χ1n) is 9.66. The van der Waals surface area contributed by atoms with Crippen LogP contribution in [-0.2, 0) is 13.0 Å². The molecule has 1 N–H and O–H groups in total. The Bertz CT molecular complexity index is 1220. The van der Waals surface area contributed by atoms with Crippen molar-refractivity contribution in [3.8, 4) is 11.1 Å². The molecule has 8 heteroatoms. The van der Waals surface area contributed by atoms with Crippen LogP contribution in [0.2, 0.25) is 0 Å². The number of anilines is 1. The van der Waals surface area contributed by atoms with E-state index in [9.17, 15) is 10.1 Å². The lowest BCUT2D eigenvalue weighted by molar-refractivity contribution is -0.384. The Hall–Kier alpha value is -3.81. The fraction of sp³-hybridized carbons (Fsp3) is 0.227. The van der Waals surface area contributed by atoms with Gasteiger partial charge in [-0.1, -0.05) is 18.1 Å². The molecule has 0 radical (unpaired) electrons. The van der Waals surface area contributed by atoms with E-state index in [-0.39, 0.29) is 5.69 Å². The van der Waals surface area contributed by atoms with Crippen LogP contribution in [0.1, 0.15) is 29.6 Å². The number of nitrogens with one attached hydrogen (secondary N) is 1. The van der Waals surface area contributed by atoms with Crippen LogP contribution in [0.25, 0.3) is 22.0 Å². The van der Waals surface area contributed by atoms with Crippen molar-refractivity contribution >= 4 is 22.3 Å². The van der Waals surface area contributed by atoms with Crippen molar-refractivity contribution in [2.75, 3.05) is 5.32 Å². The highest BCUT2D eigenvalue weighted by atomic mass is 16.6. The van der Waals surface area contributed by atoms with Crippen molar-refractivity contribution in [3.63, 3.8) is 0 Å². The van der Waals surface area contributed by atoms with Crippen LogP contribution in [0, 0.1) is 24.0 Å². The Balaban J connectivity index is 1.88. The number of aromatic nitrogens is 3. The van der Waals surface area contributed by atoms with E-state index in [0.29, 0.717) is 23.1 Å². The van der Waals surface area contributed by atoms with Crippen LogP contribution in [-0.4, -0.2) is 20.0 Å². The van der Waals surface area contributed by atoms with Gasteiger partial charge in [-0.15, -0.1) is 0 Å². The number of benzene rings is 1. The molecule has 0 atom stereocenters. The Morgan fingerprint density at radius 1 is 1.20 bits per heavy atom. The highest BCUT2D eigenvalue weighted by Crippen LogP contribution is 2.38. The number of rotatable bonds is 6. The summed E-state index contributed by atoms with van der Waals surface area (Å²) in [6.45, 7) is 6.20. The first-order valence-corrected chi connectivity index (χ1v) is 9.66. The molecule has 0 bridgehead atoms. The van der Waals surface area contributed by atoms with E-state index in [1.54, 1.807) is 6.20 Å². The van der Waals surface area contributed by atoms with E-state index >= 15 is 0 Å². The normalized spacial score (nSPS) is 11.0. The van der Waals surface area contributed by atoms with Crippen LogP contribution in [0.4, 0.5) is 11.4 Å². The Morgan fingerprint density at radius 3 is 2.67 bits per heavy atom. The molecule has 30 heavy (non-hydrogen) atoms. The third-order valence-electron chi connectivity index (χ3n) is 5.13. The van der Waals surface area contributed by atoms with Gasteiger partial charge >= 0.3 is 5.69 Å². The molecule has 0 amide bonds. The number of hydrogen-bond acceptors (Lipinski definition) is 7. The smallest absolute Gasteiger partial charge is 0.311 e. The maximum absolute atomic E-state index is 11.7. The van der Waals surface area contributed by atoms with Gasteiger partial charge in [0, 0.05) is 17.1 Å². The molecule has 0 aliphatic rings. The summed E-state index contributed by atoms with van der Waals surface area (Å²) in [5.41, 5.74) is 5.60. The zero-order chi connectivity index (χ0) is 21.3. The average molecular weight is 403 g/mol. The lowest BCUT2D eigenvalue weighted by Gasteiger charge is -2.14. The van der Waals surface area contributed by atoms with E-state index < -0.39 is 4.92 Å². The van der Waals surface area contributed by atoms with Gasteiger partial charge in [0.15, 0.2) is 0 Å². The summed E-state index contributed by atoms with van der Waals surface area (Å²) in [5, 5.41) is 19.6. The highest BCUT2D eigenvalue weighted by Gasteiger charge is 2.21. The number of nitro groups is 1. The second-order valence-electron chi connectivity index (χ2n) is 7.03. The molecule has 0 unspecified atom stereocenters. The summed E-state index contributed by atoms with van der Waals surface area (Å²) in [5.74, 6) is 0.733. The fourth-order valence-electron chi connectivity index (χ4n) is 3.67. The minimum atomic E-state index is -0.416. The number of pyridine rings is 2. The van der Waals surface area contributed by atoms with E-state index in [1.807, 2.05) is 44.2 Å². The molecule has 152 valence electrons. The van der Waals surface area contributed by atoms with Crippen molar-refractivity contribution in [1.82, 2.24) is 15.1 Å². The molecule has 0 fully saturated rings. The standard InChI is InChI=1S/C22H21N5O3/c1-4-15-9-18-19(10-17(15)21-13(2)26-30-14(21)3)24-12-20(27(28)29)22(18)25-11-16-7-5-6-8-23-16/h5-10,12H,4,11H2,1-3H3,(H,24,25). The zero-order valence-electron chi connectivity index (χ0n) is 17.0. The number of fused-ring (bicyclic) bond motifs is 1. The predicted molar refractivity (Wildman–Crippen MR) is 114 cm³/mol. The van der Waals surface area contributed by atoms with Crippen molar-refractivity contribution in [2.45, 2.75) is 33.7 Å². The minimum absolute atomic E-state index is 0.0643. The monoisotopic (exact) mass is 403 g/mol. The third-order valence-corrected chi connectivity index (χ3v) is 5.13. The molecule has 3 heterocycles. The number of hydrogen-bond donors (Lipinski definition) is 1. The van der Waals surface area contributed by atoms with Gasteiger partial charge in [-0.3, -0.25) is 15.1 Å². The topological polar surface area (TPSA) is 107 Å². The molecular weight excluding hydrogens is 382 g/mol. The molecule has 8 nitrogen and oxygen atoms in total. The van der Waals surface area contributed by atoms with Crippen LogP contribution in [0.15, 0.2) is 47.2 Å². The van der Waals surface area contributed by atoms with E-state index in [0.717, 1.165) is 40.3 Å². The molecule has 0 saturated heterocycles. The van der Waals surface area contributed by atoms with Crippen LogP contribution in [0.5, 0.6) is 0 Å². The molecule has 0 spiro atoms. The van der Waals surface area contributed by atoms with Crippen molar-refractivity contribution in [1.29, 1.82) is 0 Å². The van der Waals surface area contributed by atoms with Crippen molar-refractivity contribution < 1.29 is 9.45 Å². The molecule has 4 aromatic rings. The summed E-state index contributed by atoms with van der Waals surface area (Å²) < 4.78 is 5.34. The number of aryl methyl sites for hydroxylation is 3. The lowest BCUT2D eigenvalue weighted by atomic mass is 9.94. The molecular formula is C22H21N5O3. The third kappa shape index (κ3) is 3.47. The maximum Gasteiger partial charge on any atom is 0.311 e. The predicted octanol–water partition coefficient (Wildman–Crippen LogP) is 4.98. The SMILES string of the molecule is CCc1cc2c(NCc3ccccn3)c([N+](=O)[O-])cnc2cc1-c1c(C)noc1C. The van der Waals surface area contributed by atoms with Gasteiger partial charge < -0.3 is 9.84 Å². The lowest BCUT2D eigenvalue weighted by Crippen LogP contribution is -2.06.